The van der Waals surface area contributed by atoms with E-state index in [0.717, 1.165) is 70.7 Å². The van der Waals surface area contributed by atoms with Crippen LogP contribution in [0.25, 0.3) is 0 Å². The molecule has 7 heteroatoms. The fraction of sp³-hybridized carbons (Fsp3) is 0.947. The number of nitrogens with one attached hydrogen (secondary N) is 1. The summed E-state index contributed by atoms with van der Waals surface area (Å²) < 4.78 is 11.0. The fourth-order valence-corrected chi connectivity index (χ4v) is 3.30. The fourth-order valence-electron chi connectivity index (χ4n) is 3.30. The quantitative estimate of drug-likeness (QED) is 0.225. The van der Waals surface area contributed by atoms with Gasteiger partial charge in [0.15, 0.2) is 5.96 Å². The van der Waals surface area contributed by atoms with E-state index in [1.807, 2.05) is 0 Å². The van der Waals surface area contributed by atoms with Crippen molar-refractivity contribution in [3.05, 3.63) is 0 Å². The minimum absolute atomic E-state index is 0. The van der Waals surface area contributed by atoms with Gasteiger partial charge in [-0.05, 0) is 53.0 Å². The first-order chi connectivity index (χ1) is 12.2. The second kappa shape index (κ2) is 13.1. The number of piperidine rings is 1. The van der Waals surface area contributed by atoms with Crippen molar-refractivity contribution in [3.63, 3.8) is 0 Å². The van der Waals surface area contributed by atoms with Crippen molar-refractivity contribution < 1.29 is 9.47 Å². The SMILES string of the molecule is CCNC(=NCC(C)N(C)C1CC1)N1CCC(OCCCOC)CC1.I. The molecular weight excluding hydrogens is 443 g/mol. The summed E-state index contributed by atoms with van der Waals surface area (Å²) in [6.07, 6.45) is 6.22. The van der Waals surface area contributed by atoms with Crippen molar-refractivity contribution in [3.8, 4) is 0 Å². The summed E-state index contributed by atoms with van der Waals surface area (Å²) in [4.78, 5) is 9.78. The molecule has 2 rings (SSSR count). The van der Waals surface area contributed by atoms with Crippen LogP contribution in [-0.4, -0.2) is 87.5 Å². The van der Waals surface area contributed by atoms with E-state index in [1.54, 1.807) is 7.11 Å². The molecule has 1 saturated carbocycles. The topological polar surface area (TPSA) is 49.3 Å². The lowest BCUT2D eigenvalue weighted by Gasteiger charge is -2.34. The highest BCUT2D eigenvalue weighted by molar-refractivity contribution is 14.0. The molecule has 1 saturated heterocycles. The number of guanidine groups is 1. The van der Waals surface area contributed by atoms with E-state index in [0.29, 0.717) is 12.1 Å². The predicted octanol–water partition coefficient (Wildman–Crippen LogP) is 2.57. The van der Waals surface area contributed by atoms with Crippen molar-refractivity contribution in [1.82, 2.24) is 15.1 Å². The average molecular weight is 482 g/mol. The highest BCUT2D eigenvalue weighted by Gasteiger charge is 2.29. The van der Waals surface area contributed by atoms with E-state index < -0.39 is 0 Å². The summed E-state index contributed by atoms with van der Waals surface area (Å²) in [5, 5.41) is 3.47. The molecule has 2 fully saturated rings. The Morgan fingerprint density at radius 3 is 2.50 bits per heavy atom. The third-order valence-electron chi connectivity index (χ3n) is 5.25. The molecule has 1 aliphatic heterocycles. The monoisotopic (exact) mass is 482 g/mol. The number of methoxy groups -OCH3 is 1. The number of hydrogen-bond donors (Lipinski definition) is 1. The van der Waals surface area contributed by atoms with E-state index in [4.69, 9.17) is 14.5 Å². The van der Waals surface area contributed by atoms with Crippen molar-refractivity contribution in [2.45, 2.75) is 64.1 Å². The molecule has 1 N–H and O–H groups in total. The third-order valence-corrected chi connectivity index (χ3v) is 5.25. The smallest absolute Gasteiger partial charge is 0.193 e. The molecule has 1 aliphatic carbocycles. The maximum atomic E-state index is 5.96. The van der Waals surface area contributed by atoms with Gasteiger partial charge in [0, 0.05) is 52.0 Å². The van der Waals surface area contributed by atoms with Crippen LogP contribution in [0.1, 0.15) is 46.0 Å². The van der Waals surface area contributed by atoms with E-state index in [-0.39, 0.29) is 24.0 Å². The van der Waals surface area contributed by atoms with Crippen LogP contribution in [0, 0.1) is 0 Å². The molecule has 0 bridgehead atoms. The molecule has 0 aromatic heterocycles. The van der Waals surface area contributed by atoms with Crippen molar-refractivity contribution >= 4 is 29.9 Å². The van der Waals surface area contributed by atoms with Crippen molar-refractivity contribution in [2.75, 3.05) is 53.6 Å². The summed E-state index contributed by atoms with van der Waals surface area (Å²) >= 11 is 0. The second-order valence-corrected chi connectivity index (χ2v) is 7.34. The zero-order valence-corrected chi connectivity index (χ0v) is 19.4. The van der Waals surface area contributed by atoms with Gasteiger partial charge in [0.05, 0.1) is 12.6 Å². The predicted molar refractivity (Wildman–Crippen MR) is 119 cm³/mol. The van der Waals surface area contributed by atoms with Gasteiger partial charge in [-0.3, -0.25) is 9.89 Å². The van der Waals surface area contributed by atoms with E-state index in [2.05, 4.69) is 36.0 Å². The lowest BCUT2D eigenvalue weighted by molar-refractivity contribution is 0.00989. The minimum atomic E-state index is 0. The molecule has 1 atom stereocenters. The largest absolute Gasteiger partial charge is 0.385 e. The van der Waals surface area contributed by atoms with Crippen LogP contribution in [0.5, 0.6) is 0 Å². The van der Waals surface area contributed by atoms with E-state index >= 15 is 0 Å². The van der Waals surface area contributed by atoms with E-state index in [9.17, 15) is 0 Å². The molecule has 6 nitrogen and oxygen atoms in total. The normalized spacial score (nSPS) is 20.2. The van der Waals surface area contributed by atoms with Crippen molar-refractivity contribution in [2.24, 2.45) is 4.99 Å². The molecule has 0 spiro atoms. The summed E-state index contributed by atoms with van der Waals surface area (Å²) in [6, 6.07) is 1.29. The molecule has 0 aromatic rings. The lowest BCUT2D eigenvalue weighted by Crippen LogP contribution is -2.47. The number of hydrogen-bond acceptors (Lipinski definition) is 4. The Hall–Kier alpha value is -0.120. The number of rotatable bonds is 10. The Kier molecular flexibility index (Phi) is 12.1. The third kappa shape index (κ3) is 8.27. The van der Waals surface area contributed by atoms with Crippen LogP contribution in [0.15, 0.2) is 4.99 Å². The average Bonchev–Trinajstić information content (AvgIpc) is 3.47. The van der Waals surface area contributed by atoms with Gasteiger partial charge in [0.1, 0.15) is 0 Å². The highest BCUT2D eigenvalue weighted by atomic mass is 127. The van der Waals surface area contributed by atoms with Gasteiger partial charge >= 0.3 is 0 Å². The van der Waals surface area contributed by atoms with Gasteiger partial charge in [-0.15, -0.1) is 24.0 Å². The van der Waals surface area contributed by atoms with Gasteiger partial charge < -0.3 is 19.7 Å². The zero-order valence-electron chi connectivity index (χ0n) is 17.1. The summed E-state index contributed by atoms with van der Waals surface area (Å²) in [7, 11) is 3.97. The maximum Gasteiger partial charge on any atom is 0.193 e. The van der Waals surface area contributed by atoms with Crippen LogP contribution in [0.2, 0.25) is 0 Å². The number of likely N-dealkylation sites (N-methyl/N-ethyl adjacent to an activating group) is 1. The number of likely N-dealkylation sites (tertiary alicyclic amines) is 1. The number of halogens is 1. The minimum Gasteiger partial charge on any atom is -0.385 e. The summed E-state index contributed by atoms with van der Waals surface area (Å²) in [5.41, 5.74) is 0. The van der Waals surface area contributed by atoms with Gasteiger partial charge in [-0.25, -0.2) is 0 Å². The zero-order chi connectivity index (χ0) is 18.1. The molecule has 1 heterocycles. The molecule has 154 valence electrons. The van der Waals surface area contributed by atoms with Gasteiger partial charge in [-0.2, -0.15) is 0 Å². The molecular formula is C19H39IN4O2. The molecule has 2 aliphatic rings. The number of nitrogens with zero attached hydrogens (tertiary/aromatic N) is 3. The van der Waals surface area contributed by atoms with Gasteiger partial charge in [0.2, 0.25) is 0 Å². The molecule has 0 aromatic carbocycles. The van der Waals surface area contributed by atoms with Gasteiger partial charge in [-0.1, -0.05) is 0 Å². The van der Waals surface area contributed by atoms with E-state index in [1.165, 1.54) is 12.8 Å². The van der Waals surface area contributed by atoms with Crippen LogP contribution in [0.4, 0.5) is 0 Å². The Morgan fingerprint density at radius 2 is 1.92 bits per heavy atom. The van der Waals surface area contributed by atoms with Crippen LogP contribution >= 0.6 is 24.0 Å². The number of ether oxygens (including phenoxy) is 2. The Morgan fingerprint density at radius 1 is 1.23 bits per heavy atom. The summed E-state index contributed by atoms with van der Waals surface area (Å²) in [6.45, 7) is 9.83. The highest BCUT2D eigenvalue weighted by Crippen LogP contribution is 2.27. The molecule has 26 heavy (non-hydrogen) atoms. The number of aliphatic imine (C=N–C) groups is 1. The molecule has 0 radical (unpaired) electrons. The van der Waals surface area contributed by atoms with Gasteiger partial charge in [0.25, 0.3) is 0 Å². The van der Waals surface area contributed by atoms with Crippen LogP contribution in [0.3, 0.4) is 0 Å². The maximum absolute atomic E-state index is 5.96. The van der Waals surface area contributed by atoms with Crippen LogP contribution < -0.4 is 5.32 Å². The first-order valence-corrected chi connectivity index (χ1v) is 10.0. The first kappa shape index (κ1) is 23.9. The standard InChI is InChI=1S/C19H38N4O2.HI/c1-5-20-19(21-15-16(2)22(3)17-7-8-17)23-11-9-18(10-12-23)25-14-6-13-24-4;/h16-18H,5-15H2,1-4H3,(H,20,21);1H. The second-order valence-electron chi connectivity index (χ2n) is 7.34. The Balaban J connectivity index is 0.00000338. The Labute approximate surface area is 177 Å². The lowest BCUT2D eigenvalue weighted by atomic mass is 10.1. The Bertz CT molecular complexity index is 399. The van der Waals surface area contributed by atoms with Crippen LogP contribution in [-0.2, 0) is 9.47 Å². The first-order valence-electron chi connectivity index (χ1n) is 10.0. The van der Waals surface area contributed by atoms with Crippen molar-refractivity contribution in [1.29, 1.82) is 0 Å². The molecule has 0 amide bonds. The summed E-state index contributed by atoms with van der Waals surface area (Å²) in [5.74, 6) is 1.07. The molecule has 1 unspecified atom stereocenters.